The first kappa shape index (κ1) is 17.7. The monoisotopic (exact) mass is 332 g/mol. The van der Waals surface area contributed by atoms with Gasteiger partial charge in [0.15, 0.2) is 9.84 Å². The molecule has 23 heavy (non-hydrogen) atoms. The van der Waals surface area contributed by atoms with E-state index in [0.717, 1.165) is 22.3 Å². The fourth-order valence-corrected chi connectivity index (χ4v) is 4.09. The van der Waals surface area contributed by atoms with Crippen molar-refractivity contribution in [3.63, 3.8) is 0 Å². The third-order valence-corrected chi connectivity index (χ3v) is 5.77. The lowest BCUT2D eigenvalue weighted by Gasteiger charge is -2.20. The van der Waals surface area contributed by atoms with E-state index in [1.165, 1.54) is 0 Å². The highest BCUT2D eigenvalue weighted by Gasteiger charge is 2.21. The van der Waals surface area contributed by atoms with Gasteiger partial charge in [-0.15, -0.1) is 0 Å². The Balaban J connectivity index is 2.38. The Labute approximate surface area is 138 Å². The molecule has 3 nitrogen and oxygen atoms in total. The van der Waals surface area contributed by atoms with E-state index in [-0.39, 0.29) is 17.8 Å². The second-order valence-corrected chi connectivity index (χ2v) is 8.92. The van der Waals surface area contributed by atoms with Crippen molar-refractivity contribution in [2.24, 2.45) is 0 Å². The number of rotatable bonds is 4. The van der Waals surface area contributed by atoms with Crippen LogP contribution in [0, 0.1) is 6.92 Å². The van der Waals surface area contributed by atoms with Gasteiger partial charge >= 0.3 is 0 Å². The summed E-state index contributed by atoms with van der Waals surface area (Å²) >= 11 is 0. The van der Waals surface area contributed by atoms with Gasteiger partial charge < -0.3 is 5.11 Å². The Morgan fingerprint density at radius 3 is 2.04 bits per heavy atom. The average Bonchev–Trinajstić information content (AvgIpc) is 2.46. The van der Waals surface area contributed by atoms with Crippen molar-refractivity contribution in [3.8, 4) is 0 Å². The molecule has 2 rings (SSSR count). The van der Waals surface area contributed by atoms with Gasteiger partial charge in [-0.2, -0.15) is 0 Å². The number of aliphatic hydroxyl groups excluding tert-OH is 1. The zero-order valence-corrected chi connectivity index (χ0v) is 14.9. The molecule has 2 aromatic carbocycles. The topological polar surface area (TPSA) is 54.4 Å². The average molecular weight is 332 g/mol. The fourth-order valence-electron chi connectivity index (χ4n) is 2.44. The first-order valence-corrected chi connectivity index (χ1v) is 9.31. The molecule has 0 aliphatic rings. The highest BCUT2D eigenvalue weighted by molar-refractivity contribution is 7.90. The summed E-state index contributed by atoms with van der Waals surface area (Å²) in [6.45, 7) is 8.00. The van der Waals surface area contributed by atoms with Gasteiger partial charge in [-0.25, -0.2) is 8.42 Å². The maximum Gasteiger partial charge on any atom is 0.182 e. The number of benzene rings is 2. The van der Waals surface area contributed by atoms with E-state index < -0.39 is 9.84 Å². The summed E-state index contributed by atoms with van der Waals surface area (Å²) in [5, 5.41) is 9.06. The molecule has 0 saturated heterocycles. The molecule has 1 N–H and O–H groups in total. The van der Waals surface area contributed by atoms with E-state index in [0.29, 0.717) is 4.90 Å². The van der Waals surface area contributed by atoms with Gasteiger partial charge in [-0.1, -0.05) is 57.2 Å². The van der Waals surface area contributed by atoms with Crippen molar-refractivity contribution >= 4 is 9.84 Å². The second kappa shape index (κ2) is 6.46. The first-order valence-electron chi connectivity index (χ1n) is 7.66. The molecule has 0 radical (unpaired) electrons. The summed E-state index contributed by atoms with van der Waals surface area (Å²) in [6, 6.07) is 12.7. The van der Waals surface area contributed by atoms with Crippen LogP contribution in [0.1, 0.15) is 43.0 Å². The first-order chi connectivity index (χ1) is 10.6. The molecule has 0 spiro atoms. The highest BCUT2D eigenvalue weighted by Crippen LogP contribution is 2.28. The Hall–Kier alpha value is -1.65. The minimum absolute atomic E-state index is 0.0346. The van der Waals surface area contributed by atoms with Crippen molar-refractivity contribution in [3.05, 3.63) is 64.7 Å². The smallest absolute Gasteiger partial charge is 0.182 e. The van der Waals surface area contributed by atoms with Gasteiger partial charge in [0.25, 0.3) is 0 Å². The molecule has 0 bridgehead atoms. The summed E-state index contributed by atoms with van der Waals surface area (Å²) in [5.41, 5.74) is 3.18. The minimum Gasteiger partial charge on any atom is -0.392 e. The molecule has 0 saturated carbocycles. The van der Waals surface area contributed by atoms with Crippen molar-refractivity contribution in [1.29, 1.82) is 0 Å². The Morgan fingerprint density at radius 1 is 0.957 bits per heavy atom. The van der Waals surface area contributed by atoms with Crippen LogP contribution in [0.25, 0.3) is 0 Å². The van der Waals surface area contributed by atoms with Crippen molar-refractivity contribution < 1.29 is 13.5 Å². The predicted molar refractivity (Wildman–Crippen MR) is 93.1 cm³/mol. The van der Waals surface area contributed by atoms with Crippen LogP contribution in [0.15, 0.2) is 47.4 Å². The Kier molecular flexibility index (Phi) is 4.97. The maximum absolute atomic E-state index is 12.8. The molecule has 0 atom stereocenters. The normalized spacial score (nSPS) is 12.4. The molecule has 0 fully saturated rings. The predicted octanol–water partition coefficient (Wildman–Crippen LogP) is 3.76. The number of sulfone groups is 1. The number of hydrogen-bond donors (Lipinski definition) is 1. The van der Waals surface area contributed by atoms with E-state index in [1.807, 2.05) is 19.1 Å². The molecular weight excluding hydrogens is 308 g/mol. The number of aryl methyl sites for hydroxylation is 1. The minimum atomic E-state index is -3.41. The molecule has 4 heteroatoms. The largest absolute Gasteiger partial charge is 0.392 e. The lowest BCUT2D eigenvalue weighted by molar-refractivity contribution is 0.282. The summed E-state index contributed by atoms with van der Waals surface area (Å²) in [7, 11) is -3.41. The maximum atomic E-state index is 12.8. The van der Waals surface area contributed by atoms with Crippen LogP contribution in [0.5, 0.6) is 0 Å². The van der Waals surface area contributed by atoms with Gasteiger partial charge in [0, 0.05) is 0 Å². The van der Waals surface area contributed by atoms with E-state index >= 15 is 0 Å². The highest BCUT2D eigenvalue weighted by atomic mass is 32.2. The molecule has 0 amide bonds. The van der Waals surface area contributed by atoms with Crippen molar-refractivity contribution in [1.82, 2.24) is 0 Å². The quantitative estimate of drug-likeness (QED) is 0.927. The number of hydrogen-bond acceptors (Lipinski definition) is 3. The van der Waals surface area contributed by atoms with E-state index in [1.54, 1.807) is 30.3 Å². The van der Waals surface area contributed by atoms with Crippen LogP contribution in [0.3, 0.4) is 0 Å². The molecule has 0 aromatic heterocycles. The lowest BCUT2D eigenvalue weighted by Crippen LogP contribution is -2.14. The van der Waals surface area contributed by atoms with Crippen LogP contribution in [-0.4, -0.2) is 13.5 Å². The van der Waals surface area contributed by atoms with E-state index in [2.05, 4.69) is 20.8 Å². The summed E-state index contributed by atoms with van der Waals surface area (Å²) in [6.07, 6.45) is 0. The van der Waals surface area contributed by atoms with Crippen LogP contribution < -0.4 is 0 Å². The van der Waals surface area contributed by atoms with Gasteiger partial charge in [0.1, 0.15) is 0 Å². The van der Waals surface area contributed by atoms with Gasteiger partial charge in [-0.05, 0) is 40.7 Å². The van der Waals surface area contributed by atoms with E-state index in [9.17, 15) is 8.42 Å². The third-order valence-electron chi connectivity index (χ3n) is 3.95. The van der Waals surface area contributed by atoms with Crippen molar-refractivity contribution in [2.75, 3.05) is 0 Å². The second-order valence-electron chi connectivity index (χ2n) is 6.96. The Morgan fingerprint density at radius 2 is 1.52 bits per heavy atom. The molecule has 0 unspecified atom stereocenters. The van der Waals surface area contributed by atoms with Gasteiger partial charge in [0.2, 0.25) is 0 Å². The number of aliphatic hydroxyl groups is 1. The zero-order chi connectivity index (χ0) is 17.3. The standard InChI is InChI=1S/C19H24O3S/c1-14-5-10-17(19(2,3)4)11-18(14)23(21,22)13-16-8-6-15(12-20)7-9-16/h5-11,20H,12-13H2,1-4H3. The van der Waals surface area contributed by atoms with Crippen molar-refractivity contribution in [2.45, 2.75) is 50.4 Å². The summed E-state index contributed by atoms with van der Waals surface area (Å²) in [5.74, 6) is -0.0346. The molecule has 2 aromatic rings. The van der Waals surface area contributed by atoms with Gasteiger partial charge in [-0.3, -0.25) is 0 Å². The summed E-state index contributed by atoms with van der Waals surface area (Å²) < 4.78 is 25.6. The molecule has 124 valence electrons. The molecule has 0 aliphatic carbocycles. The van der Waals surface area contributed by atoms with Crippen LogP contribution in [0.2, 0.25) is 0 Å². The summed E-state index contributed by atoms with van der Waals surface area (Å²) in [4.78, 5) is 0.399. The van der Waals surface area contributed by atoms with Crippen LogP contribution >= 0.6 is 0 Å². The van der Waals surface area contributed by atoms with Crippen LogP contribution in [0.4, 0.5) is 0 Å². The Bertz CT molecular complexity index is 782. The molecule has 0 heterocycles. The molecule has 0 aliphatic heterocycles. The molecular formula is C19H24O3S. The SMILES string of the molecule is Cc1ccc(C(C)(C)C)cc1S(=O)(=O)Cc1ccc(CO)cc1. The lowest BCUT2D eigenvalue weighted by atomic mass is 9.87. The third kappa shape index (κ3) is 4.21. The van der Waals surface area contributed by atoms with Crippen LogP contribution in [-0.2, 0) is 27.6 Å². The fraction of sp³-hybridized carbons (Fsp3) is 0.368. The van der Waals surface area contributed by atoms with E-state index in [4.69, 9.17) is 5.11 Å². The van der Waals surface area contributed by atoms with Gasteiger partial charge in [0.05, 0.1) is 17.3 Å². The zero-order valence-electron chi connectivity index (χ0n) is 14.1.